The first kappa shape index (κ1) is 17.9. The maximum absolute atomic E-state index is 10.6. The lowest BCUT2D eigenvalue weighted by Gasteiger charge is -2.18. The Bertz CT molecular complexity index is 1080. The normalized spacial score (nSPS) is 11.0. The van der Waals surface area contributed by atoms with E-state index in [0.29, 0.717) is 5.75 Å². The van der Waals surface area contributed by atoms with E-state index in [0.717, 1.165) is 27.4 Å². The highest BCUT2D eigenvalue weighted by atomic mass is 28.2. The lowest BCUT2D eigenvalue weighted by molar-refractivity contribution is 0.444. The topological polar surface area (TPSA) is 49.7 Å². The average Bonchev–Trinajstić information content (AvgIpc) is 2.75. The van der Waals surface area contributed by atoms with Crippen molar-refractivity contribution >= 4 is 14.9 Å². The molecule has 0 heterocycles. The van der Waals surface area contributed by atoms with Gasteiger partial charge in [0.25, 0.3) is 9.76 Å². The average molecular weight is 385 g/mol. The predicted octanol–water partition coefficient (Wildman–Crippen LogP) is 4.22. The second kappa shape index (κ2) is 8.02. The van der Waals surface area contributed by atoms with Gasteiger partial charge in [0.2, 0.25) is 0 Å². The summed E-state index contributed by atoms with van der Waals surface area (Å²) in [4.78, 5) is 0. The van der Waals surface area contributed by atoms with E-state index in [-0.39, 0.29) is 11.5 Å². The fraction of sp³-hybridized carbons (Fsp3) is 0. The zero-order chi connectivity index (χ0) is 19.3. The Balaban J connectivity index is 1.84. The van der Waals surface area contributed by atoms with E-state index < -0.39 is 9.76 Å². The molecule has 0 aliphatic rings. The first-order valence-electron chi connectivity index (χ1n) is 9.10. The molecule has 2 N–H and O–H groups in total. The smallest absolute Gasteiger partial charge is 0.255 e. The van der Waals surface area contributed by atoms with Crippen molar-refractivity contribution in [1.29, 1.82) is 0 Å². The minimum absolute atomic E-state index is 0.0986. The van der Waals surface area contributed by atoms with E-state index in [1.807, 2.05) is 78.9 Å². The summed E-state index contributed by atoms with van der Waals surface area (Å²) in [5, 5.41) is 21.5. The summed E-state index contributed by atoms with van der Waals surface area (Å²) < 4.78 is 6.18. The molecule has 4 rings (SSSR count). The van der Waals surface area contributed by atoms with Crippen molar-refractivity contribution in [3.05, 3.63) is 97.1 Å². The maximum atomic E-state index is 10.6. The van der Waals surface area contributed by atoms with Gasteiger partial charge >= 0.3 is 0 Å². The van der Waals surface area contributed by atoms with E-state index in [1.54, 1.807) is 18.2 Å². The number of hydrogen-bond donors (Lipinski definition) is 2. The maximum Gasteiger partial charge on any atom is 0.255 e. The van der Waals surface area contributed by atoms with E-state index in [4.69, 9.17) is 4.43 Å². The molecule has 138 valence electrons. The molecule has 0 saturated heterocycles. The molecule has 0 aliphatic heterocycles. The summed E-state index contributed by atoms with van der Waals surface area (Å²) in [6.07, 6.45) is 0. The Morgan fingerprint density at radius 3 is 1.86 bits per heavy atom. The van der Waals surface area contributed by atoms with Crippen LogP contribution in [0.2, 0.25) is 0 Å². The quantitative estimate of drug-likeness (QED) is 0.507. The van der Waals surface area contributed by atoms with Crippen LogP contribution < -0.4 is 9.61 Å². The molecular formula is C24H20O3Si. The van der Waals surface area contributed by atoms with Crippen molar-refractivity contribution in [2.24, 2.45) is 0 Å². The molecule has 0 aromatic heterocycles. The van der Waals surface area contributed by atoms with Crippen LogP contribution in [0.1, 0.15) is 0 Å². The minimum Gasteiger partial charge on any atom is -0.542 e. The highest BCUT2D eigenvalue weighted by molar-refractivity contribution is 6.49. The molecule has 0 amide bonds. The third-order valence-corrected chi connectivity index (χ3v) is 5.99. The fourth-order valence-electron chi connectivity index (χ4n) is 3.25. The van der Waals surface area contributed by atoms with E-state index in [1.165, 1.54) is 0 Å². The number of benzene rings is 4. The zero-order valence-electron chi connectivity index (χ0n) is 15.2. The Labute approximate surface area is 166 Å². The van der Waals surface area contributed by atoms with Crippen molar-refractivity contribution in [2.45, 2.75) is 0 Å². The van der Waals surface area contributed by atoms with Gasteiger partial charge in [-0.3, -0.25) is 0 Å². The van der Waals surface area contributed by atoms with Gasteiger partial charge in [-0.25, -0.2) is 0 Å². The van der Waals surface area contributed by atoms with Crippen LogP contribution in [0.4, 0.5) is 0 Å². The molecule has 3 nitrogen and oxygen atoms in total. The van der Waals surface area contributed by atoms with Gasteiger partial charge in [0.05, 0.1) is 0 Å². The molecule has 4 aromatic carbocycles. The monoisotopic (exact) mass is 384 g/mol. The highest BCUT2D eigenvalue weighted by Gasteiger charge is 2.18. The van der Waals surface area contributed by atoms with Gasteiger partial charge in [-0.2, -0.15) is 0 Å². The Hall–Kier alpha value is -3.50. The van der Waals surface area contributed by atoms with Crippen molar-refractivity contribution in [2.75, 3.05) is 0 Å². The number of para-hydroxylation sites is 1. The van der Waals surface area contributed by atoms with Crippen LogP contribution >= 0.6 is 0 Å². The molecule has 4 aromatic rings. The third kappa shape index (κ3) is 3.63. The van der Waals surface area contributed by atoms with E-state index >= 15 is 0 Å². The largest absolute Gasteiger partial charge is 0.542 e. The van der Waals surface area contributed by atoms with Crippen LogP contribution in [0.25, 0.3) is 22.3 Å². The van der Waals surface area contributed by atoms with Crippen LogP contribution in [0, 0.1) is 0 Å². The molecule has 0 saturated carbocycles. The number of phenols is 2. The summed E-state index contributed by atoms with van der Waals surface area (Å²) in [7, 11) is -1.29. The number of hydrogen-bond acceptors (Lipinski definition) is 3. The predicted molar refractivity (Wildman–Crippen MR) is 116 cm³/mol. The van der Waals surface area contributed by atoms with Gasteiger partial charge < -0.3 is 14.6 Å². The Kier molecular flexibility index (Phi) is 5.13. The minimum atomic E-state index is -1.29. The molecule has 0 aliphatic carbocycles. The van der Waals surface area contributed by atoms with Gasteiger partial charge in [-0.05, 0) is 34.9 Å². The van der Waals surface area contributed by atoms with Gasteiger partial charge in [-0.1, -0.05) is 78.9 Å². The molecule has 0 unspecified atom stereocenters. The third-order valence-electron chi connectivity index (χ3n) is 4.65. The molecule has 0 fully saturated rings. The summed E-state index contributed by atoms with van der Waals surface area (Å²) in [5.74, 6) is 0.790. The molecule has 4 heteroatoms. The lowest BCUT2D eigenvalue weighted by atomic mass is 9.93. The number of phenolic OH excluding ortho intramolecular Hbond substituents is 2. The summed E-state index contributed by atoms with van der Waals surface area (Å²) in [6.45, 7) is 0. The molecule has 0 radical (unpaired) electrons. The lowest BCUT2D eigenvalue weighted by Crippen LogP contribution is -2.20. The number of rotatable bonds is 5. The standard InChI is InChI=1S/C24H20O3Si/c25-20-13-7-8-14-22(20)28-27-24-21(26)16-15-19(17-9-3-1-4-10-17)23(24)18-11-5-2-6-12-18/h1-16,25-26H,28H2. The van der Waals surface area contributed by atoms with E-state index in [9.17, 15) is 10.2 Å². The second-order valence-corrected chi connectivity index (χ2v) is 7.82. The van der Waals surface area contributed by atoms with E-state index in [2.05, 4.69) is 0 Å². The summed E-state index contributed by atoms with van der Waals surface area (Å²) in [6, 6.07) is 30.8. The Morgan fingerprint density at radius 1 is 0.571 bits per heavy atom. The van der Waals surface area contributed by atoms with Crippen LogP contribution in [0.3, 0.4) is 0 Å². The number of aromatic hydroxyl groups is 2. The Morgan fingerprint density at radius 2 is 1.18 bits per heavy atom. The van der Waals surface area contributed by atoms with Crippen LogP contribution in [-0.4, -0.2) is 20.0 Å². The molecule has 28 heavy (non-hydrogen) atoms. The van der Waals surface area contributed by atoms with Crippen molar-refractivity contribution in [3.63, 3.8) is 0 Å². The first-order valence-corrected chi connectivity index (χ1v) is 10.4. The highest BCUT2D eigenvalue weighted by Crippen LogP contribution is 2.44. The first-order chi connectivity index (χ1) is 13.7. The molecular weight excluding hydrogens is 364 g/mol. The van der Waals surface area contributed by atoms with Crippen LogP contribution in [0.15, 0.2) is 97.1 Å². The summed E-state index contributed by atoms with van der Waals surface area (Å²) >= 11 is 0. The second-order valence-electron chi connectivity index (χ2n) is 6.49. The van der Waals surface area contributed by atoms with Crippen LogP contribution in [-0.2, 0) is 0 Å². The van der Waals surface area contributed by atoms with Gasteiger partial charge in [0, 0.05) is 10.8 Å². The van der Waals surface area contributed by atoms with Crippen molar-refractivity contribution in [3.8, 4) is 39.5 Å². The van der Waals surface area contributed by atoms with Crippen molar-refractivity contribution < 1.29 is 14.6 Å². The molecule has 0 atom stereocenters. The fourth-order valence-corrected chi connectivity index (χ4v) is 4.34. The summed E-state index contributed by atoms with van der Waals surface area (Å²) in [5.41, 5.74) is 3.87. The van der Waals surface area contributed by atoms with Crippen molar-refractivity contribution in [1.82, 2.24) is 0 Å². The zero-order valence-corrected chi connectivity index (χ0v) is 16.7. The van der Waals surface area contributed by atoms with Gasteiger partial charge in [-0.15, -0.1) is 0 Å². The molecule has 0 bridgehead atoms. The van der Waals surface area contributed by atoms with Gasteiger partial charge in [0.1, 0.15) is 5.75 Å². The SMILES string of the molecule is Oc1ccccc1[SiH2]Oc1c(O)ccc(-c2ccccc2)c1-c1ccccc1. The van der Waals surface area contributed by atoms with Gasteiger partial charge in [0.15, 0.2) is 11.5 Å². The molecule has 0 spiro atoms. The van der Waals surface area contributed by atoms with Crippen LogP contribution in [0.5, 0.6) is 17.2 Å².